The van der Waals surface area contributed by atoms with Gasteiger partial charge in [-0.1, -0.05) is 6.08 Å². The lowest BCUT2D eigenvalue weighted by atomic mass is 10.0. The smallest absolute Gasteiger partial charge is 0.330 e. The van der Waals surface area contributed by atoms with Gasteiger partial charge >= 0.3 is 5.97 Å². The molecule has 5 nitrogen and oxygen atoms in total. The molecular weight excluding hydrogens is 200 g/mol. The van der Waals surface area contributed by atoms with Crippen LogP contribution in [-0.4, -0.2) is 47.2 Å². The summed E-state index contributed by atoms with van der Waals surface area (Å²) in [6.45, 7) is 3.43. The summed E-state index contributed by atoms with van der Waals surface area (Å²) in [5, 5.41) is 18.9. The third kappa shape index (κ3) is 3.02. The van der Waals surface area contributed by atoms with Gasteiger partial charge in [-0.05, 0) is 13.8 Å². The van der Waals surface area contributed by atoms with Crippen LogP contribution in [0.1, 0.15) is 13.8 Å². The second-order valence-electron chi connectivity index (χ2n) is 3.50. The van der Waals surface area contributed by atoms with Crippen molar-refractivity contribution in [2.75, 3.05) is 6.61 Å². The highest BCUT2D eigenvalue weighted by molar-refractivity contribution is 5.82. The monoisotopic (exact) mass is 216 g/mol. The molecule has 1 saturated heterocycles. The van der Waals surface area contributed by atoms with Crippen molar-refractivity contribution in [3.05, 3.63) is 12.2 Å². The summed E-state index contributed by atoms with van der Waals surface area (Å²) in [5.41, 5.74) is 0. The number of hydrogen-bond acceptors (Lipinski definition) is 5. The van der Waals surface area contributed by atoms with E-state index in [0.717, 1.165) is 0 Å². The van der Waals surface area contributed by atoms with E-state index in [1.165, 1.54) is 6.08 Å². The fourth-order valence-corrected chi connectivity index (χ4v) is 1.42. The molecule has 0 aromatic rings. The van der Waals surface area contributed by atoms with Crippen LogP contribution in [0, 0.1) is 0 Å². The first-order valence-electron chi connectivity index (χ1n) is 4.87. The van der Waals surface area contributed by atoms with Gasteiger partial charge in [0.05, 0.1) is 12.7 Å². The molecule has 15 heavy (non-hydrogen) atoms. The third-order valence-electron chi connectivity index (χ3n) is 2.28. The zero-order valence-corrected chi connectivity index (χ0v) is 8.79. The van der Waals surface area contributed by atoms with E-state index in [0.29, 0.717) is 0 Å². The predicted octanol–water partition coefficient (Wildman–Crippen LogP) is -0.385. The molecule has 86 valence electrons. The Morgan fingerprint density at radius 3 is 2.80 bits per heavy atom. The number of carbonyl (C=O) groups excluding carboxylic acids is 1. The molecule has 0 aliphatic carbocycles. The summed E-state index contributed by atoms with van der Waals surface area (Å²) >= 11 is 0. The number of rotatable bonds is 2. The molecule has 0 aromatic heterocycles. The van der Waals surface area contributed by atoms with Crippen LogP contribution in [0.2, 0.25) is 0 Å². The largest absolute Gasteiger partial charge is 0.454 e. The molecule has 0 radical (unpaired) electrons. The first-order valence-corrected chi connectivity index (χ1v) is 4.87. The molecule has 0 spiro atoms. The Morgan fingerprint density at radius 1 is 1.53 bits per heavy atom. The highest BCUT2D eigenvalue weighted by atomic mass is 16.6. The predicted molar refractivity (Wildman–Crippen MR) is 52.1 cm³/mol. The molecule has 0 saturated carbocycles. The zero-order chi connectivity index (χ0) is 11.4. The Hall–Kier alpha value is -0.910. The van der Waals surface area contributed by atoms with Crippen molar-refractivity contribution in [1.82, 2.24) is 0 Å². The summed E-state index contributed by atoms with van der Waals surface area (Å²) in [6, 6.07) is 0. The maximum absolute atomic E-state index is 11.2. The molecule has 0 bridgehead atoms. The minimum Gasteiger partial charge on any atom is -0.454 e. The molecule has 1 aliphatic rings. The van der Waals surface area contributed by atoms with Crippen molar-refractivity contribution in [3.8, 4) is 0 Å². The van der Waals surface area contributed by atoms with Crippen molar-refractivity contribution in [2.24, 2.45) is 0 Å². The number of aliphatic hydroxyl groups is 2. The SMILES string of the molecule is C/C=C\C(=O)OC1[C@@H](C)OC[C@H](O)[C@H]1O. The lowest BCUT2D eigenvalue weighted by molar-refractivity contribution is -0.201. The molecule has 5 heteroatoms. The van der Waals surface area contributed by atoms with Gasteiger partial charge in [-0.15, -0.1) is 0 Å². The summed E-state index contributed by atoms with van der Waals surface area (Å²) in [4.78, 5) is 11.2. The van der Waals surface area contributed by atoms with Crippen LogP contribution >= 0.6 is 0 Å². The third-order valence-corrected chi connectivity index (χ3v) is 2.28. The maximum Gasteiger partial charge on any atom is 0.330 e. The molecule has 0 aromatic carbocycles. The highest BCUT2D eigenvalue weighted by Gasteiger charge is 2.38. The fraction of sp³-hybridized carbons (Fsp3) is 0.700. The van der Waals surface area contributed by atoms with E-state index in [1.807, 2.05) is 0 Å². The van der Waals surface area contributed by atoms with E-state index < -0.39 is 30.4 Å². The zero-order valence-electron chi connectivity index (χ0n) is 8.79. The van der Waals surface area contributed by atoms with Crippen LogP contribution in [0.25, 0.3) is 0 Å². The second-order valence-corrected chi connectivity index (χ2v) is 3.50. The van der Waals surface area contributed by atoms with Crippen LogP contribution in [0.4, 0.5) is 0 Å². The van der Waals surface area contributed by atoms with Gasteiger partial charge in [-0.25, -0.2) is 4.79 Å². The summed E-state index contributed by atoms with van der Waals surface area (Å²) in [6.07, 6.45) is -0.553. The van der Waals surface area contributed by atoms with E-state index in [9.17, 15) is 15.0 Å². The van der Waals surface area contributed by atoms with Gasteiger partial charge in [0.15, 0.2) is 6.10 Å². The fourth-order valence-electron chi connectivity index (χ4n) is 1.42. The van der Waals surface area contributed by atoms with Crippen molar-refractivity contribution in [1.29, 1.82) is 0 Å². The molecule has 0 amide bonds. The summed E-state index contributed by atoms with van der Waals surface area (Å²) in [7, 11) is 0. The number of hydrogen-bond donors (Lipinski definition) is 2. The van der Waals surface area contributed by atoms with Crippen LogP contribution in [0.5, 0.6) is 0 Å². The maximum atomic E-state index is 11.2. The molecule has 1 fully saturated rings. The number of aliphatic hydroxyl groups excluding tert-OH is 2. The van der Waals surface area contributed by atoms with Gasteiger partial charge in [-0.3, -0.25) is 0 Å². The molecule has 4 atom stereocenters. The van der Waals surface area contributed by atoms with Gasteiger partial charge in [-0.2, -0.15) is 0 Å². The number of carbonyl (C=O) groups is 1. The molecule has 1 unspecified atom stereocenters. The summed E-state index contributed by atoms with van der Waals surface area (Å²) < 4.78 is 10.1. The van der Waals surface area contributed by atoms with E-state index in [4.69, 9.17) is 9.47 Å². The number of esters is 1. The van der Waals surface area contributed by atoms with Crippen LogP contribution in [0.15, 0.2) is 12.2 Å². The van der Waals surface area contributed by atoms with Crippen molar-refractivity contribution in [3.63, 3.8) is 0 Å². The minimum atomic E-state index is -1.09. The lowest BCUT2D eigenvalue weighted by Gasteiger charge is -2.35. The first kappa shape index (κ1) is 12.2. The number of allylic oxidation sites excluding steroid dienone is 1. The van der Waals surface area contributed by atoms with E-state index >= 15 is 0 Å². The molecular formula is C10H16O5. The average Bonchev–Trinajstić information content (AvgIpc) is 2.19. The van der Waals surface area contributed by atoms with E-state index in [2.05, 4.69) is 0 Å². The topological polar surface area (TPSA) is 76.0 Å². The molecule has 1 aliphatic heterocycles. The Labute approximate surface area is 88.3 Å². The Bertz CT molecular complexity index is 250. The van der Waals surface area contributed by atoms with Crippen LogP contribution < -0.4 is 0 Å². The van der Waals surface area contributed by atoms with Crippen LogP contribution in [-0.2, 0) is 14.3 Å². The normalized spacial score (nSPS) is 36.8. The first-order chi connectivity index (χ1) is 7.06. The van der Waals surface area contributed by atoms with E-state index in [-0.39, 0.29) is 6.61 Å². The van der Waals surface area contributed by atoms with Crippen molar-refractivity contribution >= 4 is 5.97 Å². The average molecular weight is 216 g/mol. The Balaban J connectivity index is 2.60. The standard InChI is InChI=1S/C10H16O5/c1-3-4-8(12)15-10-6(2)14-5-7(11)9(10)13/h3-4,6-7,9-11,13H,5H2,1-2H3/b4-3-/t6-,7+,9-,10?/m1/s1. The second kappa shape index (κ2) is 5.25. The van der Waals surface area contributed by atoms with Gasteiger partial charge in [0.25, 0.3) is 0 Å². The Kier molecular flexibility index (Phi) is 4.26. The highest BCUT2D eigenvalue weighted by Crippen LogP contribution is 2.18. The quantitative estimate of drug-likeness (QED) is 0.486. The molecule has 1 heterocycles. The van der Waals surface area contributed by atoms with Gasteiger partial charge in [0.1, 0.15) is 12.2 Å². The summed E-state index contributed by atoms with van der Waals surface area (Å²) in [5.74, 6) is -0.550. The van der Waals surface area contributed by atoms with Crippen molar-refractivity contribution < 1.29 is 24.5 Å². The van der Waals surface area contributed by atoms with Gasteiger partial charge in [0.2, 0.25) is 0 Å². The molecule has 1 rings (SSSR count). The van der Waals surface area contributed by atoms with Crippen LogP contribution in [0.3, 0.4) is 0 Å². The van der Waals surface area contributed by atoms with E-state index in [1.54, 1.807) is 19.9 Å². The lowest BCUT2D eigenvalue weighted by Crippen LogP contribution is -2.53. The van der Waals surface area contributed by atoms with Gasteiger partial charge < -0.3 is 19.7 Å². The molecule has 2 N–H and O–H groups in total. The Morgan fingerprint density at radius 2 is 2.20 bits per heavy atom. The van der Waals surface area contributed by atoms with Crippen molar-refractivity contribution in [2.45, 2.75) is 38.3 Å². The number of ether oxygens (including phenoxy) is 2. The minimum absolute atomic E-state index is 0.0556. The van der Waals surface area contributed by atoms with Gasteiger partial charge in [0, 0.05) is 6.08 Å².